The van der Waals surface area contributed by atoms with E-state index in [2.05, 4.69) is 10.1 Å². The number of benzene rings is 1. The maximum absolute atomic E-state index is 10.5. The first-order valence-electron chi connectivity index (χ1n) is 5.67. The first-order chi connectivity index (χ1) is 9.54. The molecular formula is C12H12ClN3O3S. The number of carboxylic acids is 1. The van der Waals surface area contributed by atoms with Gasteiger partial charge in [-0.1, -0.05) is 23.4 Å². The quantitative estimate of drug-likeness (QED) is 0.824. The first kappa shape index (κ1) is 14.7. The molecule has 0 saturated carbocycles. The van der Waals surface area contributed by atoms with Gasteiger partial charge in [0, 0.05) is 12.1 Å². The van der Waals surface area contributed by atoms with Crippen molar-refractivity contribution in [3.63, 3.8) is 0 Å². The summed E-state index contributed by atoms with van der Waals surface area (Å²) in [5.74, 6) is 0.221. The Morgan fingerprint density at radius 2 is 2.15 bits per heavy atom. The second kappa shape index (κ2) is 6.62. The minimum absolute atomic E-state index is 0.0516. The molecule has 1 aromatic carbocycles. The summed E-state index contributed by atoms with van der Waals surface area (Å²) < 4.78 is 7.05. The maximum atomic E-state index is 10.5. The van der Waals surface area contributed by atoms with Gasteiger partial charge in [-0.15, -0.1) is 0 Å². The molecule has 2 aromatic rings. The highest BCUT2D eigenvalue weighted by Gasteiger charge is 2.10. The van der Waals surface area contributed by atoms with E-state index in [-0.39, 0.29) is 12.4 Å². The van der Waals surface area contributed by atoms with Crippen LogP contribution in [0.4, 0.5) is 0 Å². The number of aliphatic carboxylic acids is 1. The highest BCUT2D eigenvalue weighted by molar-refractivity contribution is 7.99. The molecule has 0 amide bonds. The zero-order valence-electron chi connectivity index (χ0n) is 10.6. The summed E-state index contributed by atoms with van der Waals surface area (Å²) in [7, 11) is 1.71. The van der Waals surface area contributed by atoms with Gasteiger partial charge < -0.3 is 9.84 Å². The Kier molecular flexibility index (Phi) is 4.86. The zero-order valence-corrected chi connectivity index (χ0v) is 12.2. The Labute approximate surface area is 124 Å². The highest BCUT2D eigenvalue weighted by Crippen LogP contribution is 2.18. The summed E-state index contributed by atoms with van der Waals surface area (Å²) in [5, 5.41) is 14.0. The molecule has 0 atom stereocenters. The number of aryl methyl sites for hydroxylation is 1. The van der Waals surface area contributed by atoms with Crippen molar-refractivity contribution in [2.75, 3.05) is 5.75 Å². The monoisotopic (exact) mass is 313 g/mol. The van der Waals surface area contributed by atoms with Crippen molar-refractivity contribution in [3.05, 3.63) is 35.1 Å². The predicted octanol–water partition coefficient (Wildman–Crippen LogP) is 2.22. The molecule has 0 saturated heterocycles. The fourth-order valence-electron chi connectivity index (χ4n) is 1.41. The number of aromatic nitrogens is 3. The number of thioether (sulfide) groups is 1. The van der Waals surface area contributed by atoms with Crippen LogP contribution >= 0.6 is 23.4 Å². The van der Waals surface area contributed by atoms with E-state index in [0.717, 1.165) is 11.8 Å². The number of hydrogen-bond donors (Lipinski definition) is 1. The Morgan fingerprint density at radius 3 is 2.80 bits per heavy atom. The lowest BCUT2D eigenvalue weighted by Crippen LogP contribution is -2.00. The lowest BCUT2D eigenvalue weighted by atomic mass is 10.3. The summed E-state index contributed by atoms with van der Waals surface area (Å²) in [4.78, 5) is 14.7. The maximum Gasteiger partial charge on any atom is 0.313 e. The van der Waals surface area contributed by atoms with Crippen LogP contribution < -0.4 is 4.74 Å². The first-order valence-corrected chi connectivity index (χ1v) is 7.04. The fraction of sp³-hybridized carbons (Fsp3) is 0.250. The molecule has 0 aliphatic heterocycles. The summed E-state index contributed by atoms with van der Waals surface area (Å²) >= 11 is 6.90. The van der Waals surface area contributed by atoms with Crippen LogP contribution in [0.25, 0.3) is 0 Å². The van der Waals surface area contributed by atoms with E-state index in [9.17, 15) is 4.79 Å². The molecule has 2 rings (SSSR count). The predicted molar refractivity (Wildman–Crippen MR) is 75.1 cm³/mol. The molecule has 6 nitrogen and oxygen atoms in total. The number of hydrogen-bond acceptors (Lipinski definition) is 5. The molecule has 0 fully saturated rings. The standard InChI is InChI=1S/C12H12ClN3O3S/c1-16-12(20-7-11(17)18)14-10(15-16)6-19-9-4-2-8(13)3-5-9/h2-5H,6-7H2,1H3,(H,17,18). The SMILES string of the molecule is Cn1nc(COc2ccc(Cl)cc2)nc1SCC(=O)O. The topological polar surface area (TPSA) is 77.2 Å². The Bertz CT molecular complexity index is 600. The van der Waals surface area contributed by atoms with E-state index >= 15 is 0 Å². The average molecular weight is 314 g/mol. The van der Waals surface area contributed by atoms with Crippen molar-refractivity contribution in [1.29, 1.82) is 0 Å². The number of rotatable bonds is 6. The van der Waals surface area contributed by atoms with Crippen molar-refractivity contribution >= 4 is 29.3 Å². The van der Waals surface area contributed by atoms with Gasteiger partial charge in [0.05, 0.1) is 5.75 Å². The molecule has 1 aromatic heterocycles. The molecule has 0 bridgehead atoms. The lowest BCUT2D eigenvalue weighted by molar-refractivity contribution is -0.133. The molecule has 20 heavy (non-hydrogen) atoms. The van der Waals surface area contributed by atoms with E-state index in [4.69, 9.17) is 21.4 Å². The smallest absolute Gasteiger partial charge is 0.313 e. The van der Waals surface area contributed by atoms with Gasteiger partial charge in [-0.25, -0.2) is 9.67 Å². The van der Waals surface area contributed by atoms with Crippen LogP contribution in [0.5, 0.6) is 5.75 Å². The number of halogens is 1. The van der Waals surface area contributed by atoms with Crippen LogP contribution in [0.2, 0.25) is 5.02 Å². The molecule has 0 radical (unpaired) electrons. The lowest BCUT2D eigenvalue weighted by Gasteiger charge is -2.02. The highest BCUT2D eigenvalue weighted by atomic mass is 35.5. The van der Waals surface area contributed by atoms with E-state index in [1.165, 1.54) is 4.68 Å². The van der Waals surface area contributed by atoms with Crippen LogP contribution in [0.15, 0.2) is 29.4 Å². The third kappa shape index (κ3) is 4.14. The summed E-state index contributed by atoms with van der Waals surface area (Å²) in [6, 6.07) is 6.98. The van der Waals surface area contributed by atoms with Gasteiger partial charge in [0.15, 0.2) is 11.0 Å². The third-order valence-corrected chi connectivity index (χ3v) is 3.53. The van der Waals surface area contributed by atoms with Crippen LogP contribution in [-0.4, -0.2) is 31.6 Å². The second-order valence-electron chi connectivity index (χ2n) is 3.86. The molecule has 0 unspecified atom stereocenters. The van der Waals surface area contributed by atoms with Gasteiger partial charge in [-0.2, -0.15) is 5.10 Å². The number of carboxylic acid groups (broad SMARTS) is 1. The summed E-state index contributed by atoms with van der Waals surface area (Å²) in [6.45, 7) is 0.211. The van der Waals surface area contributed by atoms with Gasteiger partial charge in [-0.3, -0.25) is 4.79 Å². The van der Waals surface area contributed by atoms with Gasteiger partial charge in [0.1, 0.15) is 12.4 Å². The number of carbonyl (C=O) groups is 1. The van der Waals surface area contributed by atoms with Crippen LogP contribution in [0, 0.1) is 0 Å². The van der Waals surface area contributed by atoms with E-state index in [1.807, 2.05) is 0 Å². The second-order valence-corrected chi connectivity index (χ2v) is 5.24. The average Bonchev–Trinajstić information content (AvgIpc) is 2.76. The molecule has 0 spiro atoms. The summed E-state index contributed by atoms with van der Waals surface area (Å²) in [5.41, 5.74) is 0. The molecule has 1 heterocycles. The Hall–Kier alpha value is -1.73. The fourth-order valence-corrected chi connectivity index (χ4v) is 2.19. The molecule has 1 N–H and O–H groups in total. The van der Waals surface area contributed by atoms with Crippen LogP contribution in [-0.2, 0) is 18.4 Å². The molecule has 8 heteroatoms. The summed E-state index contributed by atoms with van der Waals surface area (Å²) in [6.07, 6.45) is 0. The van der Waals surface area contributed by atoms with E-state index in [0.29, 0.717) is 21.8 Å². The van der Waals surface area contributed by atoms with E-state index in [1.54, 1.807) is 31.3 Å². The van der Waals surface area contributed by atoms with E-state index < -0.39 is 5.97 Å². The zero-order chi connectivity index (χ0) is 14.5. The Balaban J connectivity index is 1.94. The van der Waals surface area contributed by atoms with Crippen molar-refractivity contribution in [2.45, 2.75) is 11.8 Å². The largest absolute Gasteiger partial charge is 0.486 e. The van der Waals surface area contributed by atoms with Gasteiger partial charge in [-0.05, 0) is 24.3 Å². The normalized spacial score (nSPS) is 10.5. The van der Waals surface area contributed by atoms with Crippen molar-refractivity contribution in [1.82, 2.24) is 14.8 Å². The van der Waals surface area contributed by atoms with Crippen LogP contribution in [0.1, 0.15) is 5.82 Å². The molecule has 0 aliphatic rings. The van der Waals surface area contributed by atoms with Gasteiger partial charge in [0.25, 0.3) is 0 Å². The minimum Gasteiger partial charge on any atom is -0.486 e. The molecule has 0 aliphatic carbocycles. The van der Waals surface area contributed by atoms with Gasteiger partial charge in [0.2, 0.25) is 0 Å². The number of nitrogens with zero attached hydrogens (tertiary/aromatic N) is 3. The number of ether oxygens (including phenoxy) is 1. The molecular weight excluding hydrogens is 302 g/mol. The minimum atomic E-state index is -0.892. The van der Waals surface area contributed by atoms with Crippen molar-refractivity contribution in [3.8, 4) is 5.75 Å². The van der Waals surface area contributed by atoms with Gasteiger partial charge >= 0.3 is 5.97 Å². The van der Waals surface area contributed by atoms with Crippen molar-refractivity contribution < 1.29 is 14.6 Å². The van der Waals surface area contributed by atoms with Crippen molar-refractivity contribution in [2.24, 2.45) is 7.05 Å². The molecule has 106 valence electrons. The Morgan fingerprint density at radius 1 is 1.45 bits per heavy atom. The third-order valence-electron chi connectivity index (χ3n) is 2.27. The van der Waals surface area contributed by atoms with Crippen LogP contribution in [0.3, 0.4) is 0 Å².